The van der Waals surface area contributed by atoms with E-state index in [1.807, 2.05) is 13.1 Å². The zero-order valence-electron chi connectivity index (χ0n) is 13.5. The first-order valence-electron chi connectivity index (χ1n) is 7.44. The minimum absolute atomic E-state index is 0.444. The number of benzene rings is 1. The molecule has 0 saturated heterocycles. The molecule has 2 rings (SSSR count). The van der Waals surface area contributed by atoms with Crippen LogP contribution in [0.3, 0.4) is 0 Å². The molecule has 2 aromatic rings. The normalized spacial score (nSPS) is 11.8. The van der Waals surface area contributed by atoms with Gasteiger partial charge in [-0.25, -0.2) is 4.98 Å². The van der Waals surface area contributed by atoms with E-state index in [4.69, 9.17) is 4.99 Å². The molecule has 0 amide bonds. The minimum atomic E-state index is 0.444. The maximum atomic E-state index is 4.73. The van der Waals surface area contributed by atoms with Crippen LogP contribution >= 0.6 is 0 Å². The van der Waals surface area contributed by atoms with Crippen molar-refractivity contribution in [1.29, 1.82) is 0 Å². The van der Waals surface area contributed by atoms with E-state index < -0.39 is 0 Å². The van der Waals surface area contributed by atoms with Crippen LogP contribution in [0, 0.1) is 6.92 Å². The molecule has 0 fully saturated rings. The van der Waals surface area contributed by atoms with Gasteiger partial charge in [0.1, 0.15) is 0 Å². The highest BCUT2D eigenvalue weighted by Crippen LogP contribution is 2.34. The van der Waals surface area contributed by atoms with Gasteiger partial charge < -0.3 is 0 Å². The third-order valence-electron chi connectivity index (χ3n) is 3.44. The Bertz CT molecular complexity index is 616. The van der Waals surface area contributed by atoms with Gasteiger partial charge in [-0.3, -0.25) is 9.98 Å². The monoisotopic (exact) mass is 281 g/mol. The van der Waals surface area contributed by atoms with Crippen molar-refractivity contribution in [2.75, 3.05) is 0 Å². The molecule has 0 bridgehead atoms. The van der Waals surface area contributed by atoms with Crippen LogP contribution in [0.5, 0.6) is 0 Å². The van der Waals surface area contributed by atoms with Crippen molar-refractivity contribution in [2.24, 2.45) is 4.99 Å². The molecule has 110 valence electrons. The smallest absolute Gasteiger partial charge is 0.0998 e. The van der Waals surface area contributed by atoms with Crippen LogP contribution in [0.2, 0.25) is 0 Å². The number of aryl methyl sites for hydroxylation is 1. The molecule has 21 heavy (non-hydrogen) atoms. The molecule has 0 saturated carbocycles. The maximum absolute atomic E-state index is 4.73. The Hall–Kier alpha value is -2.03. The van der Waals surface area contributed by atoms with Crippen LogP contribution < -0.4 is 0 Å². The number of para-hydroxylation sites is 1. The summed E-state index contributed by atoms with van der Waals surface area (Å²) in [6.07, 6.45) is 5.30. The van der Waals surface area contributed by atoms with E-state index in [1.165, 1.54) is 11.1 Å². The van der Waals surface area contributed by atoms with Gasteiger partial charge in [-0.15, -0.1) is 0 Å². The van der Waals surface area contributed by atoms with Crippen LogP contribution in [0.25, 0.3) is 0 Å². The van der Waals surface area contributed by atoms with Crippen molar-refractivity contribution in [3.63, 3.8) is 0 Å². The SMILES string of the molecule is Cc1cncc(C=Nc2c(C(C)C)cccc2C(C)C)n1. The number of hydrogen-bond acceptors (Lipinski definition) is 3. The third kappa shape index (κ3) is 3.75. The predicted molar refractivity (Wildman–Crippen MR) is 88.6 cm³/mol. The van der Waals surface area contributed by atoms with Gasteiger partial charge in [0, 0.05) is 6.20 Å². The highest BCUT2D eigenvalue weighted by molar-refractivity contribution is 5.80. The van der Waals surface area contributed by atoms with Crippen molar-refractivity contribution in [2.45, 2.75) is 46.5 Å². The fourth-order valence-corrected chi connectivity index (χ4v) is 2.34. The van der Waals surface area contributed by atoms with Gasteiger partial charge in [-0.2, -0.15) is 0 Å². The lowest BCUT2D eigenvalue weighted by molar-refractivity contribution is 0.835. The zero-order chi connectivity index (χ0) is 15.4. The molecule has 1 heterocycles. The first-order chi connectivity index (χ1) is 9.99. The Labute approximate surface area is 127 Å². The molecule has 1 aromatic heterocycles. The molecule has 3 nitrogen and oxygen atoms in total. The predicted octanol–water partition coefficient (Wildman–Crippen LogP) is 4.78. The van der Waals surface area contributed by atoms with E-state index in [0.717, 1.165) is 17.1 Å². The molecule has 0 atom stereocenters. The van der Waals surface area contributed by atoms with Gasteiger partial charge in [0.25, 0.3) is 0 Å². The van der Waals surface area contributed by atoms with Gasteiger partial charge in [0.05, 0.1) is 29.5 Å². The topological polar surface area (TPSA) is 38.1 Å². The second-order valence-corrected chi connectivity index (χ2v) is 5.94. The summed E-state index contributed by atoms with van der Waals surface area (Å²) in [4.78, 5) is 13.3. The molecule has 0 aliphatic carbocycles. The van der Waals surface area contributed by atoms with Gasteiger partial charge >= 0.3 is 0 Å². The molecular weight excluding hydrogens is 258 g/mol. The molecular formula is C18H23N3. The van der Waals surface area contributed by atoms with E-state index >= 15 is 0 Å². The van der Waals surface area contributed by atoms with E-state index in [2.05, 4.69) is 55.9 Å². The standard InChI is InChI=1S/C18H23N3/c1-12(2)16-7-6-8-17(13(3)4)18(16)20-11-15-10-19-9-14(5)21-15/h6-13H,1-5H3. The minimum Gasteiger partial charge on any atom is -0.261 e. The summed E-state index contributed by atoms with van der Waals surface area (Å²) >= 11 is 0. The summed E-state index contributed by atoms with van der Waals surface area (Å²) in [5, 5.41) is 0. The van der Waals surface area contributed by atoms with Crippen molar-refractivity contribution >= 4 is 11.9 Å². The van der Waals surface area contributed by atoms with Crippen molar-refractivity contribution in [3.05, 3.63) is 53.1 Å². The summed E-state index contributed by atoms with van der Waals surface area (Å²) in [6, 6.07) is 6.44. The summed E-state index contributed by atoms with van der Waals surface area (Å²) in [7, 11) is 0. The summed E-state index contributed by atoms with van der Waals surface area (Å²) in [5.41, 5.74) is 5.32. The maximum Gasteiger partial charge on any atom is 0.0998 e. The van der Waals surface area contributed by atoms with Crippen LogP contribution in [0.1, 0.15) is 62.0 Å². The number of hydrogen-bond donors (Lipinski definition) is 0. The Balaban J connectivity index is 2.46. The molecule has 0 N–H and O–H groups in total. The Morgan fingerprint density at radius 2 is 1.62 bits per heavy atom. The second-order valence-electron chi connectivity index (χ2n) is 5.94. The Kier molecular flexibility index (Phi) is 4.84. The lowest BCUT2D eigenvalue weighted by atomic mass is 9.93. The molecule has 3 heteroatoms. The molecule has 0 aliphatic rings. The first kappa shape index (κ1) is 15.4. The molecule has 1 aromatic carbocycles. The van der Waals surface area contributed by atoms with Crippen molar-refractivity contribution < 1.29 is 0 Å². The number of aromatic nitrogens is 2. The van der Waals surface area contributed by atoms with Crippen LogP contribution in [0.4, 0.5) is 5.69 Å². The first-order valence-corrected chi connectivity index (χ1v) is 7.44. The number of aliphatic imine (C=N–C) groups is 1. The third-order valence-corrected chi connectivity index (χ3v) is 3.44. The highest BCUT2D eigenvalue weighted by Gasteiger charge is 2.12. The lowest BCUT2D eigenvalue weighted by Crippen LogP contribution is -1.97. The summed E-state index contributed by atoms with van der Waals surface area (Å²) in [6.45, 7) is 10.7. The van der Waals surface area contributed by atoms with E-state index in [0.29, 0.717) is 11.8 Å². The van der Waals surface area contributed by atoms with Crippen LogP contribution in [-0.2, 0) is 0 Å². The molecule has 0 aliphatic heterocycles. The molecule has 0 radical (unpaired) electrons. The van der Waals surface area contributed by atoms with E-state index in [9.17, 15) is 0 Å². The average molecular weight is 281 g/mol. The van der Waals surface area contributed by atoms with Gasteiger partial charge in [0.2, 0.25) is 0 Å². The summed E-state index contributed by atoms with van der Waals surface area (Å²) in [5.74, 6) is 0.888. The van der Waals surface area contributed by atoms with Crippen LogP contribution in [-0.4, -0.2) is 16.2 Å². The zero-order valence-corrected chi connectivity index (χ0v) is 13.5. The summed E-state index contributed by atoms with van der Waals surface area (Å²) < 4.78 is 0. The van der Waals surface area contributed by atoms with E-state index in [-0.39, 0.29) is 0 Å². The number of rotatable bonds is 4. The van der Waals surface area contributed by atoms with Gasteiger partial charge in [-0.1, -0.05) is 45.9 Å². The average Bonchev–Trinajstić information content (AvgIpc) is 2.44. The van der Waals surface area contributed by atoms with Crippen molar-refractivity contribution in [1.82, 2.24) is 9.97 Å². The Morgan fingerprint density at radius 3 is 2.14 bits per heavy atom. The largest absolute Gasteiger partial charge is 0.261 e. The van der Waals surface area contributed by atoms with Crippen LogP contribution in [0.15, 0.2) is 35.6 Å². The van der Waals surface area contributed by atoms with E-state index in [1.54, 1.807) is 12.4 Å². The highest BCUT2D eigenvalue weighted by atomic mass is 14.8. The quantitative estimate of drug-likeness (QED) is 0.756. The Morgan fingerprint density at radius 1 is 1.00 bits per heavy atom. The molecule has 0 spiro atoms. The second kappa shape index (κ2) is 6.61. The van der Waals surface area contributed by atoms with Crippen molar-refractivity contribution in [3.8, 4) is 0 Å². The van der Waals surface area contributed by atoms with Gasteiger partial charge in [-0.05, 0) is 29.9 Å². The fourth-order valence-electron chi connectivity index (χ4n) is 2.34. The molecule has 0 unspecified atom stereocenters. The lowest BCUT2D eigenvalue weighted by Gasteiger charge is -2.16. The fraction of sp³-hybridized carbons (Fsp3) is 0.389. The number of nitrogens with zero attached hydrogens (tertiary/aromatic N) is 3. The van der Waals surface area contributed by atoms with Gasteiger partial charge in [0.15, 0.2) is 0 Å².